The Morgan fingerprint density at radius 2 is 2.40 bits per heavy atom. The van der Waals surface area contributed by atoms with Gasteiger partial charge in [-0.1, -0.05) is 6.58 Å². The highest BCUT2D eigenvalue weighted by Gasteiger charge is 2.00. The van der Waals surface area contributed by atoms with Crippen molar-refractivity contribution in [2.24, 2.45) is 4.99 Å². The van der Waals surface area contributed by atoms with Crippen LogP contribution in [0.4, 0.5) is 0 Å². The van der Waals surface area contributed by atoms with Gasteiger partial charge in [0.2, 0.25) is 6.08 Å². The fourth-order valence-electron chi connectivity index (χ4n) is 0.343. The maximum Gasteiger partial charge on any atom is 0.311 e. The van der Waals surface area contributed by atoms with Crippen molar-refractivity contribution in [3.05, 3.63) is 12.3 Å². The first kappa shape index (κ1) is 8.59. The van der Waals surface area contributed by atoms with Gasteiger partial charge < -0.3 is 4.74 Å². The van der Waals surface area contributed by atoms with Gasteiger partial charge in [0.15, 0.2) is 0 Å². The van der Waals surface area contributed by atoms with Crippen LogP contribution in [0.1, 0.15) is 6.42 Å². The molecule has 0 fully saturated rings. The Kier molecular flexibility index (Phi) is 3.84. The minimum atomic E-state index is -0.469. The molecule has 0 saturated carbocycles. The Morgan fingerprint density at radius 3 is 2.80 bits per heavy atom. The van der Waals surface area contributed by atoms with Gasteiger partial charge in [-0.25, -0.2) is 4.79 Å². The highest BCUT2D eigenvalue weighted by Crippen LogP contribution is 1.98. The highest BCUT2D eigenvalue weighted by molar-refractivity contribution is 5.72. The minimum absolute atomic E-state index is 0.0638. The van der Waals surface area contributed by atoms with Gasteiger partial charge in [0.1, 0.15) is 0 Å². The number of nitrogens with zero attached hydrogens (tertiary/aromatic N) is 1. The molecule has 0 bridgehead atoms. The normalized spacial score (nSPS) is 7.70. The predicted molar refractivity (Wildman–Crippen MR) is 33.9 cm³/mol. The van der Waals surface area contributed by atoms with Gasteiger partial charge in [-0.15, -0.1) is 0 Å². The standard InChI is InChI=1S/C6H7NO3/c1-5(7-4-8)3-6(9)10-2/h1,3H2,2H3. The Balaban J connectivity index is 3.79. The van der Waals surface area contributed by atoms with E-state index in [0.717, 1.165) is 0 Å². The number of methoxy groups -OCH3 is 1. The third kappa shape index (κ3) is 3.57. The van der Waals surface area contributed by atoms with Crippen molar-refractivity contribution in [1.29, 1.82) is 0 Å². The van der Waals surface area contributed by atoms with Gasteiger partial charge in [0.25, 0.3) is 0 Å². The number of hydrogen-bond acceptors (Lipinski definition) is 4. The summed E-state index contributed by atoms with van der Waals surface area (Å²) in [4.78, 5) is 23.1. The van der Waals surface area contributed by atoms with Crippen LogP contribution in [-0.2, 0) is 14.3 Å². The summed E-state index contributed by atoms with van der Waals surface area (Å²) in [6, 6.07) is 0. The summed E-state index contributed by atoms with van der Waals surface area (Å²) < 4.78 is 4.28. The first-order valence-electron chi connectivity index (χ1n) is 2.53. The lowest BCUT2D eigenvalue weighted by molar-refractivity contribution is -0.139. The SMILES string of the molecule is C=C(CC(=O)OC)N=C=O. The number of isocyanates is 1. The van der Waals surface area contributed by atoms with Gasteiger partial charge in [0, 0.05) is 0 Å². The second kappa shape index (κ2) is 4.47. The van der Waals surface area contributed by atoms with Gasteiger partial charge in [-0.3, -0.25) is 4.79 Å². The van der Waals surface area contributed by atoms with Crippen LogP contribution in [0.5, 0.6) is 0 Å². The van der Waals surface area contributed by atoms with Crippen LogP contribution >= 0.6 is 0 Å². The van der Waals surface area contributed by atoms with E-state index in [-0.39, 0.29) is 12.1 Å². The van der Waals surface area contributed by atoms with Crippen molar-refractivity contribution >= 4 is 12.0 Å². The van der Waals surface area contributed by atoms with E-state index in [1.54, 1.807) is 0 Å². The van der Waals surface area contributed by atoms with Crippen LogP contribution in [-0.4, -0.2) is 19.2 Å². The molecule has 0 heterocycles. The van der Waals surface area contributed by atoms with Crippen LogP contribution in [0.3, 0.4) is 0 Å². The number of hydrogen-bond donors (Lipinski definition) is 0. The zero-order valence-electron chi connectivity index (χ0n) is 5.59. The molecule has 54 valence electrons. The highest BCUT2D eigenvalue weighted by atomic mass is 16.5. The van der Waals surface area contributed by atoms with E-state index in [2.05, 4.69) is 16.3 Å². The molecule has 0 aromatic rings. The molecule has 0 aliphatic heterocycles. The fraction of sp³-hybridized carbons (Fsp3) is 0.333. The van der Waals surface area contributed by atoms with Crippen molar-refractivity contribution < 1.29 is 14.3 Å². The third-order valence-corrected chi connectivity index (χ3v) is 0.780. The molecule has 0 unspecified atom stereocenters. The maximum absolute atomic E-state index is 10.4. The summed E-state index contributed by atoms with van der Waals surface area (Å²) in [5.41, 5.74) is 0.154. The van der Waals surface area contributed by atoms with E-state index in [9.17, 15) is 9.59 Å². The van der Waals surface area contributed by atoms with Crippen LogP contribution in [0, 0.1) is 0 Å². The van der Waals surface area contributed by atoms with Crippen molar-refractivity contribution in [1.82, 2.24) is 0 Å². The molecular formula is C6H7NO3. The minimum Gasteiger partial charge on any atom is -0.469 e. The number of ether oxygens (including phenoxy) is 1. The number of rotatable bonds is 3. The topological polar surface area (TPSA) is 55.7 Å². The molecule has 10 heavy (non-hydrogen) atoms. The quantitative estimate of drug-likeness (QED) is 0.324. The summed E-state index contributed by atoms with van der Waals surface area (Å²) in [6.45, 7) is 3.30. The van der Waals surface area contributed by atoms with Crippen molar-refractivity contribution in [3.8, 4) is 0 Å². The van der Waals surface area contributed by atoms with Gasteiger partial charge in [-0.2, -0.15) is 4.99 Å². The molecule has 0 radical (unpaired) electrons. The molecule has 0 N–H and O–H groups in total. The lowest BCUT2D eigenvalue weighted by atomic mass is 10.3. The molecule has 4 nitrogen and oxygen atoms in total. The van der Waals surface area contributed by atoms with Gasteiger partial charge >= 0.3 is 5.97 Å². The van der Waals surface area contributed by atoms with E-state index in [0.29, 0.717) is 0 Å². The van der Waals surface area contributed by atoms with Crippen molar-refractivity contribution in [3.63, 3.8) is 0 Å². The monoisotopic (exact) mass is 141 g/mol. The zero-order valence-corrected chi connectivity index (χ0v) is 5.59. The Morgan fingerprint density at radius 1 is 1.80 bits per heavy atom. The molecule has 0 atom stereocenters. The molecule has 0 amide bonds. The van der Waals surface area contributed by atoms with Crippen LogP contribution in [0.25, 0.3) is 0 Å². The van der Waals surface area contributed by atoms with Crippen LogP contribution < -0.4 is 0 Å². The Hall–Kier alpha value is -1.41. The van der Waals surface area contributed by atoms with E-state index in [4.69, 9.17) is 0 Å². The average molecular weight is 141 g/mol. The molecule has 0 aromatic carbocycles. The van der Waals surface area contributed by atoms with E-state index in [1.165, 1.54) is 13.2 Å². The molecule has 0 aliphatic carbocycles. The largest absolute Gasteiger partial charge is 0.469 e. The molecule has 0 rings (SSSR count). The summed E-state index contributed by atoms with van der Waals surface area (Å²) in [7, 11) is 1.25. The third-order valence-electron chi connectivity index (χ3n) is 0.780. The van der Waals surface area contributed by atoms with Crippen LogP contribution in [0.2, 0.25) is 0 Å². The number of aliphatic imine (C=N–C) groups is 1. The Bertz CT molecular complexity index is 191. The van der Waals surface area contributed by atoms with Gasteiger partial charge in [0.05, 0.1) is 19.2 Å². The number of carbonyl (C=O) groups excluding carboxylic acids is 2. The fourth-order valence-corrected chi connectivity index (χ4v) is 0.343. The molecule has 4 heteroatoms. The first-order valence-corrected chi connectivity index (χ1v) is 2.53. The van der Waals surface area contributed by atoms with Crippen LogP contribution in [0.15, 0.2) is 17.3 Å². The molecule has 0 aliphatic rings. The molecule has 0 saturated heterocycles. The number of esters is 1. The summed E-state index contributed by atoms with van der Waals surface area (Å²) in [6.07, 6.45) is 1.20. The van der Waals surface area contributed by atoms with Crippen molar-refractivity contribution in [2.45, 2.75) is 6.42 Å². The predicted octanol–water partition coefficient (Wildman–Crippen LogP) is 0.399. The lowest BCUT2D eigenvalue weighted by Crippen LogP contribution is -1.99. The Labute approximate surface area is 58.2 Å². The summed E-state index contributed by atoms with van der Waals surface area (Å²) in [5, 5.41) is 0. The second-order valence-electron chi connectivity index (χ2n) is 1.52. The summed E-state index contributed by atoms with van der Waals surface area (Å²) >= 11 is 0. The molecular weight excluding hydrogens is 134 g/mol. The number of carbonyl (C=O) groups is 1. The first-order chi connectivity index (χ1) is 4.70. The average Bonchev–Trinajstić information content (AvgIpc) is 1.88. The van der Waals surface area contributed by atoms with E-state index in [1.807, 2.05) is 0 Å². The smallest absolute Gasteiger partial charge is 0.311 e. The van der Waals surface area contributed by atoms with E-state index < -0.39 is 5.97 Å². The molecule has 0 aromatic heterocycles. The van der Waals surface area contributed by atoms with E-state index >= 15 is 0 Å². The second-order valence-corrected chi connectivity index (χ2v) is 1.52. The summed E-state index contributed by atoms with van der Waals surface area (Å²) in [5.74, 6) is -0.469. The maximum atomic E-state index is 10.4. The lowest BCUT2D eigenvalue weighted by Gasteiger charge is -1.94. The zero-order chi connectivity index (χ0) is 7.98. The van der Waals surface area contributed by atoms with Gasteiger partial charge in [-0.05, 0) is 0 Å². The van der Waals surface area contributed by atoms with Crippen molar-refractivity contribution in [2.75, 3.05) is 7.11 Å². The molecule has 0 spiro atoms.